The number of rotatable bonds is 4. The van der Waals surface area contributed by atoms with E-state index in [1.54, 1.807) is 0 Å². The molecular formula is C14H19BrOZn. The molecular weight excluding hydrogens is 329 g/mol. The fourth-order valence-corrected chi connectivity index (χ4v) is 2.22. The van der Waals surface area contributed by atoms with Gasteiger partial charge in [-0.25, -0.2) is 0 Å². The normalized spacial score (nSPS) is 16.2. The molecule has 1 aromatic carbocycles. The number of ether oxygens (including phenoxy) is 1. The van der Waals surface area contributed by atoms with Gasteiger partial charge in [0.2, 0.25) is 0 Å². The smallest absolute Gasteiger partial charge is 0.0484 e. The van der Waals surface area contributed by atoms with Gasteiger partial charge in [-0.15, -0.1) is 5.56 Å². The molecule has 1 aliphatic carbocycles. The first-order valence-electron chi connectivity index (χ1n) is 6.24. The molecule has 0 unspecified atom stereocenters. The molecule has 1 nitrogen and oxygen atoms in total. The Morgan fingerprint density at radius 1 is 1.29 bits per heavy atom. The Morgan fingerprint density at radius 2 is 2.06 bits per heavy atom. The molecule has 0 heterocycles. The van der Waals surface area contributed by atoms with Gasteiger partial charge >= 0.3 is 30.0 Å². The molecule has 0 aromatic heterocycles. The van der Waals surface area contributed by atoms with E-state index in [2.05, 4.69) is 25.8 Å². The van der Waals surface area contributed by atoms with Crippen molar-refractivity contribution in [2.75, 3.05) is 6.61 Å². The predicted molar refractivity (Wildman–Crippen MR) is 70.4 cm³/mol. The van der Waals surface area contributed by atoms with E-state index < -0.39 is 0 Å². The van der Waals surface area contributed by atoms with Crippen molar-refractivity contribution >= 4 is 13.6 Å². The molecule has 1 fully saturated rings. The van der Waals surface area contributed by atoms with Gasteiger partial charge in [-0.05, 0) is 18.8 Å². The SMILES string of the molecule is [Zn+][Br].[c-]1cccc(COCC2CCCCC2)c1. The van der Waals surface area contributed by atoms with Crippen LogP contribution in [0.2, 0.25) is 0 Å². The number of halogens is 1. The maximum atomic E-state index is 5.74. The Bertz CT molecular complexity index is 273. The van der Waals surface area contributed by atoms with Gasteiger partial charge in [0.25, 0.3) is 0 Å². The number of hydrogen-bond donors (Lipinski definition) is 0. The number of benzene rings is 1. The van der Waals surface area contributed by atoms with E-state index in [0.29, 0.717) is 0 Å². The maximum Gasteiger partial charge on any atom is 0.0484 e. The second kappa shape index (κ2) is 10.2. The minimum Gasteiger partial charge on any atom is -0.389 e. The Kier molecular flexibility index (Phi) is 9.23. The molecule has 3 heteroatoms. The van der Waals surface area contributed by atoms with Crippen molar-refractivity contribution in [1.82, 2.24) is 0 Å². The summed E-state index contributed by atoms with van der Waals surface area (Å²) in [5, 5.41) is 0. The molecule has 0 atom stereocenters. The predicted octanol–water partition coefficient (Wildman–Crippen LogP) is 4.43. The van der Waals surface area contributed by atoms with E-state index in [1.165, 1.54) is 54.0 Å². The molecule has 1 aromatic rings. The van der Waals surface area contributed by atoms with Gasteiger partial charge in [-0.3, -0.25) is 0 Å². The zero-order valence-electron chi connectivity index (χ0n) is 10.3. The molecule has 0 aliphatic heterocycles. The molecule has 0 spiro atoms. The van der Waals surface area contributed by atoms with E-state index in [0.717, 1.165) is 19.1 Å². The summed E-state index contributed by atoms with van der Waals surface area (Å²) in [5.41, 5.74) is 1.23. The molecule has 0 saturated heterocycles. The van der Waals surface area contributed by atoms with Crippen molar-refractivity contribution in [2.24, 2.45) is 5.92 Å². The summed E-state index contributed by atoms with van der Waals surface area (Å²) in [6.45, 7) is 1.68. The molecule has 0 N–H and O–H groups in total. The first-order chi connectivity index (χ1) is 8.45. The summed E-state index contributed by atoms with van der Waals surface area (Å²) < 4.78 is 5.74. The topological polar surface area (TPSA) is 9.23 Å². The Morgan fingerprint density at radius 3 is 2.71 bits per heavy atom. The zero-order chi connectivity index (χ0) is 12.3. The van der Waals surface area contributed by atoms with Crippen LogP contribution in [0.15, 0.2) is 24.3 Å². The second-order valence-corrected chi connectivity index (χ2v) is 4.43. The third-order valence-corrected chi connectivity index (χ3v) is 3.12. The fraction of sp³-hybridized carbons (Fsp3) is 0.571. The monoisotopic (exact) mass is 346 g/mol. The molecule has 0 bridgehead atoms. The summed E-state index contributed by atoms with van der Waals surface area (Å²) in [6, 6.07) is 11.1. The van der Waals surface area contributed by atoms with E-state index in [9.17, 15) is 0 Å². The van der Waals surface area contributed by atoms with Crippen LogP contribution in [-0.2, 0) is 27.7 Å². The van der Waals surface area contributed by atoms with Crippen molar-refractivity contribution in [3.8, 4) is 0 Å². The molecule has 17 heavy (non-hydrogen) atoms. The molecule has 90 valence electrons. The Labute approximate surface area is 121 Å². The van der Waals surface area contributed by atoms with Crippen LogP contribution in [0.4, 0.5) is 0 Å². The summed E-state index contributed by atoms with van der Waals surface area (Å²) in [6.07, 6.45) is 6.94. The van der Waals surface area contributed by atoms with Crippen molar-refractivity contribution in [1.29, 1.82) is 0 Å². The molecule has 0 amide bonds. The van der Waals surface area contributed by atoms with Gasteiger partial charge in [-0.1, -0.05) is 19.3 Å². The Hall–Kier alpha value is 0.283. The quantitative estimate of drug-likeness (QED) is 0.578. The van der Waals surface area contributed by atoms with Crippen LogP contribution in [0.5, 0.6) is 0 Å². The van der Waals surface area contributed by atoms with Gasteiger partial charge in [0, 0.05) is 13.2 Å². The van der Waals surface area contributed by atoms with Crippen LogP contribution in [0.25, 0.3) is 0 Å². The van der Waals surface area contributed by atoms with Crippen molar-refractivity contribution in [3.63, 3.8) is 0 Å². The van der Waals surface area contributed by atoms with Crippen molar-refractivity contribution < 1.29 is 21.1 Å². The zero-order valence-corrected chi connectivity index (χ0v) is 14.9. The van der Waals surface area contributed by atoms with Crippen LogP contribution in [0, 0.1) is 12.0 Å². The van der Waals surface area contributed by atoms with Crippen LogP contribution in [-0.4, -0.2) is 6.61 Å². The largest absolute Gasteiger partial charge is 0.389 e. The van der Waals surface area contributed by atoms with E-state index in [4.69, 9.17) is 4.74 Å². The minimum atomic E-state index is 0.744. The molecule has 1 saturated carbocycles. The first-order valence-corrected chi connectivity index (χ1v) is 13.2. The van der Waals surface area contributed by atoms with E-state index in [-0.39, 0.29) is 0 Å². The summed E-state index contributed by atoms with van der Waals surface area (Å²) in [7, 11) is 0. The van der Waals surface area contributed by atoms with Gasteiger partial charge in [0.05, 0.1) is 0 Å². The van der Waals surface area contributed by atoms with Crippen LogP contribution in [0.1, 0.15) is 37.7 Å². The average molecular weight is 349 g/mol. The van der Waals surface area contributed by atoms with E-state index >= 15 is 0 Å². The minimum absolute atomic E-state index is 0.744. The fourth-order valence-electron chi connectivity index (χ4n) is 2.22. The van der Waals surface area contributed by atoms with Crippen LogP contribution >= 0.6 is 13.6 Å². The van der Waals surface area contributed by atoms with Gasteiger partial charge in [0.1, 0.15) is 0 Å². The maximum absolute atomic E-state index is 5.74. The Balaban J connectivity index is 0.000000686. The van der Waals surface area contributed by atoms with Gasteiger partial charge in [-0.2, -0.15) is 30.3 Å². The average Bonchev–Trinajstić information content (AvgIpc) is 2.43. The number of hydrogen-bond acceptors (Lipinski definition) is 1. The third kappa shape index (κ3) is 6.69. The van der Waals surface area contributed by atoms with Crippen molar-refractivity contribution in [3.05, 3.63) is 35.9 Å². The third-order valence-electron chi connectivity index (χ3n) is 3.12. The second-order valence-electron chi connectivity index (χ2n) is 4.43. The standard InChI is InChI=1S/C14H19O.BrH.Zn/c1-3-7-13(8-4-1)11-15-12-14-9-5-2-6-10-14;;/h1,3,7-8,14H,2,5-6,9-12H2;1H;/q-1;;+2/p-1. The van der Waals surface area contributed by atoms with Crippen molar-refractivity contribution in [2.45, 2.75) is 38.7 Å². The van der Waals surface area contributed by atoms with Crippen LogP contribution < -0.4 is 0 Å². The summed E-state index contributed by atoms with van der Waals surface area (Å²) in [5.74, 6) is 0.812. The molecule has 2 rings (SSSR count). The summed E-state index contributed by atoms with van der Waals surface area (Å²) in [4.78, 5) is 0. The van der Waals surface area contributed by atoms with Gasteiger partial charge < -0.3 is 4.74 Å². The van der Waals surface area contributed by atoms with E-state index in [1.807, 2.05) is 18.2 Å². The first kappa shape index (κ1) is 15.3. The summed E-state index contributed by atoms with van der Waals surface area (Å²) >= 11 is 4.25. The van der Waals surface area contributed by atoms with Crippen LogP contribution in [0.3, 0.4) is 0 Å². The molecule has 0 radical (unpaired) electrons. The van der Waals surface area contributed by atoms with Gasteiger partial charge in [0.15, 0.2) is 0 Å². The molecule has 1 aliphatic rings.